The van der Waals surface area contributed by atoms with Crippen molar-refractivity contribution in [3.05, 3.63) is 29.3 Å². The molecule has 0 aromatic heterocycles. The molecule has 0 fully saturated rings. The van der Waals surface area contributed by atoms with Crippen LogP contribution in [-0.4, -0.2) is 10.2 Å². The number of hydrogen-bond donors (Lipinski definition) is 2. The molecule has 0 unspecified atom stereocenters. The lowest BCUT2D eigenvalue weighted by Crippen LogP contribution is -1.90. The van der Waals surface area contributed by atoms with Gasteiger partial charge in [0.05, 0.1) is 6.61 Å². The van der Waals surface area contributed by atoms with Crippen LogP contribution in [0.4, 0.5) is 0 Å². The van der Waals surface area contributed by atoms with Crippen molar-refractivity contribution >= 4 is 0 Å². The molecule has 0 heterocycles. The van der Waals surface area contributed by atoms with Gasteiger partial charge in [0.2, 0.25) is 0 Å². The molecule has 0 aliphatic carbocycles. The van der Waals surface area contributed by atoms with E-state index in [4.69, 9.17) is 5.11 Å². The zero-order valence-corrected chi connectivity index (χ0v) is 7.41. The average molecular weight is 166 g/mol. The van der Waals surface area contributed by atoms with Gasteiger partial charge in [0.1, 0.15) is 5.75 Å². The highest BCUT2D eigenvalue weighted by molar-refractivity contribution is 5.34. The molecule has 0 spiro atoms. The third-order valence-corrected chi connectivity index (χ3v) is 1.85. The van der Waals surface area contributed by atoms with E-state index in [0.29, 0.717) is 5.92 Å². The summed E-state index contributed by atoms with van der Waals surface area (Å²) in [5.41, 5.74) is 1.82. The fraction of sp³-hybridized carbons (Fsp3) is 0.400. The van der Waals surface area contributed by atoms with Crippen LogP contribution in [0.25, 0.3) is 0 Å². The number of benzene rings is 1. The molecule has 0 aliphatic heterocycles. The second-order valence-electron chi connectivity index (χ2n) is 3.25. The summed E-state index contributed by atoms with van der Waals surface area (Å²) in [6.45, 7) is 4.08. The Kier molecular flexibility index (Phi) is 2.71. The summed E-state index contributed by atoms with van der Waals surface area (Å²) < 4.78 is 0. The zero-order chi connectivity index (χ0) is 9.14. The van der Waals surface area contributed by atoms with E-state index >= 15 is 0 Å². The maximum atomic E-state index is 9.26. The fourth-order valence-electron chi connectivity index (χ4n) is 1.12. The molecule has 0 amide bonds. The highest BCUT2D eigenvalue weighted by atomic mass is 16.3. The van der Waals surface area contributed by atoms with E-state index in [1.54, 1.807) is 12.1 Å². The quantitative estimate of drug-likeness (QED) is 0.705. The van der Waals surface area contributed by atoms with Gasteiger partial charge in [0.25, 0.3) is 0 Å². The van der Waals surface area contributed by atoms with Crippen molar-refractivity contribution in [3.63, 3.8) is 0 Å². The first-order chi connectivity index (χ1) is 5.63. The number of phenols is 1. The summed E-state index contributed by atoms with van der Waals surface area (Å²) in [6.07, 6.45) is 0. The third kappa shape index (κ3) is 1.98. The van der Waals surface area contributed by atoms with Crippen LogP contribution in [0.15, 0.2) is 18.2 Å². The summed E-state index contributed by atoms with van der Waals surface area (Å²) in [4.78, 5) is 0. The minimum Gasteiger partial charge on any atom is -0.508 e. The average Bonchev–Trinajstić information content (AvgIpc) is 2.03. The van der Waals surface area contributed by atoms with Crippen molar-refractivity contribution in [2.24, 2.45) is 0 Å². The molecule has 1 aromatic carbocycles. The molecule has 2 N–H and O–H groups in total. The molecule has 2 nitrogen and oxygen atoms in total. The van der Waals surface area contributed by atoms with E-state index in [0.717, 1.165) is 11.1 Å². The van der Waals surface area contributed by atoms with Crippen LogP contribution in [0.1, 0.15) is 30.9 Å². The minimum absolute atomic E-state index is 0.0197. The van der Waals surface area contributed by atoms with Crippen LogP contribution in [0.2, 0.25) is 0 Å². The van der Waals surface area contributed by atoms with Crippen LogP contribution in [0, 0.1) is 0 Å². The van der Waals surface area contributed by atoms with Crippen molar-refractivity contribution in [3.8, 4) is 5.75 Å². The van der Waals surface area contributed by atoms with Crippen LogP contribution in [0.5, 0.6) is 5.75 Å². The van der Waals surface area contributed by atoms with Gasteiger partial charge in [-0.25, -0.2) is 0 Å². The summed E-state index contributed by atoms with van der Waals surface area (Å²) in [6, 6.07) is 5.21. The van der Waals surface area contributed by atoms with E-state index < -0.39 is 0 Å². The van der Waals surface area contributed by atoms with Crippen molar-refractivity contribution in [2.45, 2.75) is 26.4 Å². The Labute approximate surface area is 72.5 Å². The maximum absolute atomic E-state index is 9.26. The molecule has 66 valence electrons. The fourth-order valence-corrected chi connectivity index (χ4v) is 1.12. The number of aliphatic hydroxyl groups is 1. The summed E-state index contributed by atoms with van der Waals surface area (Å²) in [5.74, 6) is 0.604. The second-order valence-corrected chi connectivity index (χ2v) is 3.25. The van der Waals surface area contributed by atoms with Crippen molar-refractivity contribution in [2.75, 3.05) is 0 Å². The van der Waals surface area contributed by atoms with Gasteiger partial charge in [-0.15, -0.1) is 0 Å². The Morgan fingerprint density at radius 1 is 1.25 bits per heavy atom. The Morgan fingerprint density at radius 3 is 2.42 bits per heavy atom. The summed E-state index contributed by atoms with van der Waals surface area (Å²) in [5, 5.41) is 18.1. The summed E-state index contributed by atoms with van der Waals surface area (Å²) in [7, 11) is 0. The first-order valence-corrected chi connectivity index (χ1v) is 4.07. The van der Waals surface area contributed by atoms with E-state index in [1.807, 2.05) is 6.07 Å². The molecular weight excluding hydrogens is 152 g/mol. The zero-order valence-electron chi connectivity index (χ0n) is 7.41. The van der Waals surface area contributed by atoms with Crippen LogP contribution >= 0.6 is 0 Å². The normalized spacial score (nSPS) is 10.7. The Balaban J connectivity index is 3.06. The lowest BCUT2D eigenvalue weighted by atomic mass is 10.0. The van der Waals surface area contributed by atoms with Crippen molar-refractivity contribution < 1.29 is 10.2 Å². The number of hydrogen-bond acceptors (Lipinski definition) is 2. The number of aromatic hydroxyl groups is 1. The van der Waals surface area contributed by atoms with Crippen LogP contribution in [0.3, 0.4) is 0 Å². The Morgan fingerprint density at radius 2 is 1.92 bits per heavy atom. The lowest BCUT2D eigenvalue weighted by Gasteiger charge is -2.07. The minimum atomic E-state index is -0.0197. The second kappa shape index (κ2) is 3.59. The SMILES string of the molecule is CC(C)c1cc(O)cc(CO)c1. The van der Waals surface area contributed by atoms with Gasteiger partial charge in [0.15, 0.2) is 0 Å². The molecule has 0 saturated heterocycles. The van der Waals surface area contributed by atoms with Gasteiger partial charge in [-0.3, -0.25) is 0 Å². The Hall–Kier alpha value is -1.02. The molecule has 1 rings (SSSR count). The van der Waals surface area contributed by atoms with E-state index in [1.165, 1.54) is 0 Å². The van der Waals surface area contributed by atoms with Gasteiger partial charge in [-0.1, -0.05) is 19.9 Å². The van der Waals surface area contributed by atoms with Gasteiger partial charge >= 0.3 is 0 Å². The van der Waals surface area contributed by atoms with Gasteiger partial charge < -0.3 is 10.2 Å². The molecule has 1 aromatic rings. The molecular formula is C10H14O2. The van der Waals surface area contributed by atoms with E-state index in [2.05, 4.69) is 13.8 Å². The number of aliphatic hydroxyl groups excluding tert-OH is 1. The first kappa shape index (κ1) is 9.07. The van der Waals surface area contributed by atoms with Crippen LogP contribution < -0.4 is 0 Å². The largest absolute Gasteiger partial charge is 0.508 e. The third-order valence-electron chi connectivity index (χ3n) is 1.85. The smallest absolute Gasteiger partial charge is 0.116 e. The molecule has 2 heteroatoms. The predicted molar refractivity (Wildman–Crippen MR) is 48.1 cm³/mol. The topological polar surface area (TPSA) is 40.5 Å². The first-order valence-electron chi connectivity index (χ1n) is 4.07. The molecule has 0 atom stereocenters. The number of phenolic OH excluding ortho intramolecular Hbond substituents is 1. The van der Waals surface area contributed by atoms with Gasteiger partial charge in [0, 0.05) is 0 Å². The van der Waals surface area contributed by atoms with Gasteiger partial charge in [-0.2, -0.15) is 0 Å². The number of rotatable bonds is 2. The molecule has 12 heavy (non-hydrogen) atoms. The molecule has 0 aliphatic rings. The lowest BCUT2D eigenvalue weighted by molar-refractivity contribution is 0.281. The van der Waals surface area contributed by atoms with Crippen molar-refractivity contribution in [1.29, 1.82) is 0 Å². The maximum Gasteiger partial charge on any atom is 0.116 e. The molecule has 0 bridgehead atoms. The highest BCUT2D eigenvalue weighted by Crippen LogP contribution is 2.21. The van der Waals surface area contributed by atoms with Crippen molar-refractivity contribution in [1.82, 2.24) is 0 Å². The predicted octanol–water partition coefficient (Wildman–Crippen LogP) is 2.01. The van der Waals surface area contributed by atoms with E-state index in [-0.39, 0.29) is 12.4 Å². The van der Waals surface area contributed by atoms with Gasteiger partial charge in [-0.05, 0) is 29.2 Å². The van der Waals surface area contributed by atoms with Crippen LogP contribution in [-0.2, 0) is 6.61 Å². The molecule has 0 saturated carbocycles. The van der Waals surface area contributed by atoms with E-state index in [9.17, 15) is 5.11 Å². The molecule has 0 radical (unpaired) electrons. The monoisotopic (exact) mass is 166 g/mol. The Bertz CT molecular complexity index is 267. The standard InChI is InChI=1S/C10H14O2/c1-7(2)9-3-8(6-11)4-10(12)5-9/h3-5,7,11-12H,6H2,1-2H3. The highest BCUT2D eigenvalue weighted by Gasteiger charge is 2.02. The summed E-state index contributed by atoms with van der Waals surface area (Å²) >= 11 is 0.